The van der Waals surface area contributed by atoms with Gasteiger partial charge in [-0.25, -0.2) is 4.79 Å². The topological polar surface area (TPSA) is 38.3 Å². The summed E-state index contributed by atoms with van der Waals surface area (Å²) >= 11 is 3.44. The fourth-order valence-electron chi connectivity index (χ4n) is 1.28. The lowest BCUT2D eigenvalue weighted by Crippen LogP contribution is -2.15. The van der Waals surface area contributed by atoms with Crippen LogP contribution in [0.25, 0.3) is 0 Å². The van der Waals surface area contributed by atoms with Gasteiger partial charge in [-0.05, 0) is 47.5 Å². The molecule has 3 nitrogen and oxygen atoms in total. The van der Waals surface area contributed by atoms with Crippen LogP contribution in [0.1, 0.15) is 12.5 Å². The van der Waals surface area contributed by atoms with E-state index in [4.69, 9.17) is 4.74 Å². The molecule has 0 saturated carbocycles. The summed E-state index contributed by atoms with van der Waals surface area (Å²) in [5, 5.41) is 3.15. The fourth-order valence-corrected chi connectivity index (χ4v) is 1.67. The van der Waals surface area contributed by atoms with Crippen molar-refractivity contribution < 1.29 is 9.53 Å². The zero-order valence-corrected chi connectivity index (χ0v) is 11.6. The zero-order chi connectivity index (χ0) is 12.8. The second-order valence-electron chi connectivity index (χ2n) is 3.66. The molecule has 92 valence electrons. The number of aryl methyl sites for hydroxylation is 1. The molecule has 0 saturated heterocycles. The van der Waals surface area contributed by atoms with Gasteiger partial charge in [-0.3, -0.25) is 0 Å². The molecule has 1 N–H and O–H groups in total. The van der Waals surface area contributed by atoms with Crippen molar-refractivity contribution in [1.82, 2.24) is 0 Å². The molecule has 0 unspecified atom stereocenters. The third-order valence-corrected chi connectivity index (χ3v) is 2.87. The minimum absolute atomic E-state index is 0.358. The molecule has 0 aromatic heterocycles. The van der Waals surface area contributed by atoms with E-state index in [1.807, 2.05) is 25.1 Å². The van der Waals surface area contributed by atoms with Gasteiger partial charge in [0.05, 0.1) is 6.61 Å². The maximum atomic E-state index is 11.3. The van der Waals surface area contributed by atoms with Crippen molar-refractivity contribution in [2.45, 2.75) is 13.8 Å². The first kappa shape index (κ1) is 13.8. The van der Waals surface area contributed by atoms with E-state index in [2.05, 4.69) is 27.8 Å². The Hall–Kier alpha value is -1.29. The Balaban J connectivity index is 2.58. The van der Waals surface area contributed by atoms with Gasteiger partial charge >= 0.3 is 5.97 Å². The van der Waals surface area contributed by atoms with E-state index in [1.165, 1.54) is 0 Å². The summed E-state index contributed by atoms with van der Waals surface area (Å²) in [5.74, 6) is -0.358. The maximum absolute atomic E-state index is 11.3. The Labute approximate surface area is 110 Å². The van der Waals surface area contributed by atoms with Gasteiger partial charge in [0.1, 0.15) is 0 Å². The van der Waals surface area contributed by atoms with Crippen LogP contribution in [0, 0.1) is 6.92 Å². The van der Waals surface area contributed by atoms with Crippen LogP contribution < -0.4 is 5.32 Å². The summed E-state index contributed by atoms with van der Waals surface area (Å²) in [4.78, 5) is 11.3. The highest BCUT2D eigenvalue weighted by Crippen LogP contribution is 2.23. The van der Waals surface area contributed by atoms with Crippen molar-refractivity contribution in [2.24, 2.45) is 0 Å². The molecule has 0 fully saturated rings. The highest BCUT2D eigenvalue weighted by molar-refractivity contribution is 9.10. The van der Waals surface area contributed by atoms with Gasteiger partial charge in [0.25, 0.3) is 0 Å². The van der Waals surface area contributed by atoms with Crippen molar-refractivity contribution in [1.29, 1.82) is 0 Å². The second-order valence-corrected chi connectivity index (χ2v) is 4.52. The number of carbonyl (C=O) groups is 1. The van der Waals surface area contributed by atoms with E-state index < -0.39 is 0 Å². The summed E-state index contributed by atoms with van der Waals surface area (Å²) in [6.07, 6.45) is 0. The first-order valence-corrected chi connectivity index (χ1v) is 6.18. The van der Waals surface area contributed by atoms with Crippen LogP contribution in [-0.2, 0) is 9.53 Å². The van der Waals surface area contributed by atoms with Crippen molar-refractivity contribution in [3.63, 3.8) is 0 Å². The highest BCUT2D eigenvalue weighted by Gasteiger charge is 2.08. The number of benzene rings is 1. The van der Waals surface area contributed by atoms with E-state index >= 15 is 0 Å². The fraction of sp³-hybridized carbons (Fsp3) is 0.308. The lowest BCUT2D eigenvalue weighted by molar-refractivity contribution is -0.138. The van der Waals surface area contributed by atoms with Crippen LogP contribution in [0.4, 0.5) is 5.69 Å². The Morgan fingerprint density at radius 1 is 1.53 bits per heavy atom. The number of ether oxygens (including phenoxy) is 1. The third-order valence-electron chi connectivity index (χ3n) is 2.18. The molecule has 0 atom stereocenters. The monoisotopic (exact) mass is 297 g/mol. The number of rotatable bonds is 5. The van der Waals surface area contributed by atoms with Crippen molar-refractivity contribution in [3.05, 3.63) is 40.4 Å². The van der Waals surface area contributed by atoms with Crippen LogP contribution in [0.5, 0.6) is 0 Å². The quantitative estimate of drug-likeness (QED) is 0.669. The number of hydrogen-bond donors (Lipinski definition) is 1. The first-order valence-electron chi connectivity index (χ1n) is 5.39. The highest BCUT2D eigenvalue weighted by atomic mass is 79.9. The minimum atomic E-state index is -0.358. The summed E-state index contributed by atoms with van der Waals surface area (Å²) in [6.45, 7) is 8.22. The van der Waals surface area contributed by atoms with Crippen molar-refractivity contribution in [3.8, 4) is 0 Å². The van der Waals surface area contributed by atoms with Gasteiger partial charge in [-0.15, -0.1) is 0 Å². The molecule has 1 aromatic rings. The summed E-state index contributed by atoms with van der Waals surface area (Å²) in [6, 6.07) is 5.97. The maximum Gasteiger partial charge on any atom is 0.335 e. The number of carbonyl (C=O) groups excluding carboxylic acids is 1. The minimum Gasteiger partial charge on any atom is -0.463 e. The van der Waals surface area contributed by atoms with Gasteiger partial charge in [0, 0.05) is 22.3 Å². The molecule has 4 heteroatoms. The molecular formula is C13H16BrNO2. The third kappa shape index (κ3) is 4.23. The molecule has 0 bridgehead atoms. The standard InChI is InChI=1S/C13H16BrNO2/c1-4-17-13(16)10(3)8-15-12-7-9(2)5-6-11(12)14/h5-7,15H,3-4,8H2,1-2H3. The predicted molar refractivity (Wildman–Crippen MR) is 73.1 cm³/mol. The van der Waals surface area contributed by atoms with Gasteiger partial charge in [0.15, 0.2) is 0 Å². The van der Waals surface area contributed by atoms with Crippen LogP contribution in [0.15, 0.2) is 34.8 Å². The summed E-state index contributed by atoms with van der Waals surface area (Å²) in [7, 11) is 0. The Bertz CT molecular complexity index is 429. The molecular weight excluding hydrogens is 282 g/mol. The molecule has 0 aliphatic rings. The molecule has 0 aliphatic carbocycles. The molecule has 0 aliphatic heterocycles. The van der Waals surface area contributed by atoms with Gasteiger partial charge in [0.2, 0.25) is 0 Å². The molecule has 0 heterocycles. The van der Waals surface area contributed by atoms with E-state index in [1.54, 1.807) is 6.92 Å². The van der Waals surface area contributed by atoms with E-state index in [-0.39, 0.29) is 5.97 Å². The molecule has 0 radical (unpaired) electrons. The smallest absolute Gasteiger partial charge is 0.335 e. The number of hydrogen-bond acceptors (Lipinski definition) is 3. The van der Waals surface area contributed by atoms with Crippen LogP contribution >= 0.6 is 15.9 Å². The summed E-state index contributed by atoms with van der Waals surface area (Å²) in [5.41, 5.74) is 2.51. The normalized spacial score (nSPS) is 9.82. The predicted octanol–water partition coefficient (Wildman–Crippen LogP) is 3.29. The van der Waals surface area contributed by atoms with Gasteiger partial charge < -0.3 is 10.1 Å². The average Bonchev–Trinajstić information content (AvgIpc) is 2.30. The van der Waals surface area contributed by atoms with Crippen LogP contribution in [-0.4, -0.2) is 19.1 Å². The number of halogens is 1. The molecule has 0 spiro atoms. The van der Waals surface area contributed by atoms with Gasteiger partial charge in [-0.2, -0.15) is 0 Å². The zero-order valence-electron chi connectivity index (χ0n) is 10.0. The molecule has 0 amide bonds. The lowest BCUT2D eigenvalue weighted by atomic mass is 10.2. The first-order chi connectivity index (χ1) is 8.04. The summed E-state index contributed by atoms with van der Waals surface area (Å²) < 4.78 is 5.81. The van der Waals surface area contributed by atoms with E-state index in [0.29, 0.717) is 18.7 Å². The Morgan fingerprint density at radius 3 is 2.88 bits per heavy atom. The average molecular weight is 298 g/mol. The second kappa shape index (κ2) is 6.45. The van der Waals surface area contributed by atoms with Crippen molar-refractivity contribution in [2.75, 3.05) is 18.5 Å². The van der Waals surface area contributed by atoms with Crippen LogP contribution in [0.2, 0.25) is 0 Å². The van der Waals surface area contributed by atoms with Gasteiger partial charge in [-0.1, -0.05) is 12.6 Å². The van der Waals surface area contributed by atoms with E-state index in [0.717, 1.165) is 15.7 Å². The molecule has 1 rings (SSSR count). The largest absolute Gasteiger partial charge is 0.463 e. The number of nitrogens with one attached hydrogen (secondary N) is 1. The number of anilines is 1. The lowest BCUT2D eigenvalue weighted by Gasteiger charge is -2.10. The molecule has 17 heavy (non-hydrogen) atoms. The number of esters is 1. The Kier molecular flexibility index (Phi) is 5.22. The van der Waals surface area contributed by atoms with E-state index in [9.17, 15) is 4.79 Å². The Morgan fingerprint density at radius 2 is 2.24 bits per heavy atom. The molecule has 1 aromatic carbocycles. The van der Waals surface area contributed by atoms with Crippen molar-refractivity contribution >= 4 is 27.6 Å². The van der Waals surface area contributed by atoms with Crippen LogP contribution in [0.3, 0.4) is 0 Å². The SMILES string of the molecule is C=C(CNc1cc(C)ccc1Br)C(=O)OCC.